The van der Waals surface area contributed by atoms with E-state index in [1.165, 1.54) is 12.1 Å². The quantitative estimate of drug-likeness (QED) is 0.636. The van der Waals surface area contributed by atoms with Crippen molar-refractivity contribution in [2.24, 2.45) is 0 Å². The second-order valence-corrected chi connectivity index (χ2v) is 6.58. The van der Waals surface area contributed by atoms with E-state index in [1.807, 2.05) is 37.3 Å². The number of amides is 1. The molecule has 3 nitrogen and oxygen atoms in total. The van der Waals surface area contributed by atoms with Crippen LogP contribution in [0.4, 0.5) is 5.69 Å². The predicted molar refractivity (Wildman–Crippen MR) is 100 cm³/mol. The number of benzene rings is 3. The summed E-state index contributed by atoms with van der Waals surface area (Å²) in [5.74, 6) is 0.0163. The molecule has 0 spiro atoms. The number of aromatic hydroxyl groups is 1. The van der Waals surface area contributed by atoms with Crippen molar-refractivity contribution in [2.45, 2.75) is 13.0 Å². The molecule has 4 heteroatoms. The Bertz CT molecular complexity index is 966. The summed E-state index contributed by atoms with van der Waals surface area (Å²) < 4.78 is 0. The molecule has 0 fully saturated rings. The van der Waals surface area contributed by atoms with Crippen LogP contribution >= 0.6 is 11.6 Å². The van der Waals surface area contributed by atoms with Gasteiger partial charge in [-0.25, -0.2) is 0 Å². The number of fused-ring (bicyclic) bond motifs is 3. The smallest absolute Gasteiger partial charge is 0.258 e. The van der Waals surface area contributed by atoms with E-state index in [1.54, 1.807) is 17.0 Å². The van der Waals surface area contributed by atoms with E-state index in [0.717, 1.165) is 22.4 Å². The van der Waals surface area contributed by atoms with Gasteiger partial charge in [-0.2, -0.15) is 0 Å². The monoisotopic (exact) mass is 349 g/mol. The summed E-state index contributed by atoms with van der Waals surface area (Å²) in [6.07, 6.45) is 0. The number of phenols is 1. The highest BCUT2D eigenvalue weighted by molar-refractivity contribution is 6.31. The number of phenolic OH excluding ortho intramolecular Hbond substituents is 1. The molecule has 3 aromatic carbocycles. The number of hydrogen-bond acceptors (Lipinski definition) is 2. The fourth-order valence-corrected chi connectivity index (χ4v) is 3.58. The minimum Gasteiger partial charge on any atom is -0.508 e. The molecule has 1 aliphatic rings. The van der Waals surface area contributed by atoms with E-state index in [2.05, 4.69) is 12.1 Å². The molecule has 1 amide bonds. The van der Waals surface area contributed by atoms with Gasteiger partial charge in [0.2, 0.25) is 0 Å². The maximum Gasteiger partial charge on any atom is 0.258 e. The van der Waals surface area contributed by atoms with Gasteiger partial charge in [-0.3, -0.25) is 4.79 Å². The molecule has 1 aliphatic heterocycles. The molecule has 0 saturated heterocycles. The Hall–Kier alpha value is -2.78. The third-order valence-electron chi connectivity index (χ3n) is 4.64. The molecule has 0 radical (unpaired) electrons. The lowest BCUT2D eigenvalue weighted by Gasteiger charge is -2.37. The first-order valence-corrected chi connectivity index (χ1v) is 8.45. The molecule has 1 N–H and O–H groups in total. The summed E-state index contributed by atoms with van der Waals surface area (Å²) in [6, 6.07) is 19.9. The molecule has 3 aromatic rings. The van der Waals surface area contributed by atoms with Gasteiger partial charge < -0.3 is 10.0 Å². The first-order valence-electron chi connectivity index (χ1n) is 8.07. The summed E-state index contributed by atoms with van der Waals surface area (Å²) in [5.41, 5.74) is 4.54. The lowest BCUT2D eigenvalue weighted by Crippen LogP contribution is -2.36. The van der Waals surface area contributed by atoms with E-state index in [9.17, 15) is 9.90 Å². The number of nitrogens with zero attached hydrogens (tertiary/aromatic N) is 1. The molecule has 0 bridgehead atoms. The number of carbonyl (C=O) groups is 1. The normalized spacial score (nSPS) is 15.4. The zero-order valence-corrected chi connectivity index (χ0v) is 14.4. The minimum atomic E-state index is -0.122. The lowest BCUT2D eigenvalue weighted by molar-refractivity contribution is 0.0978. The Morgan fingerprint density at radius 2 is 1.72 bits per heavy atom. The maximum absolute atomic E-state index is 13.2. The third kappa shape index (κ3) is 2.57. The fourth-order valence-electron chi connectivity index (χ4n) is 3.41. The van der Waals surface area contributed by atoms with Crippen LogP contribution in [0.1, 0.15) is 28.9 Å². The van der Waals surface area contributed by atoms with E-state index >= 15 is 0 Å². The van der Waals surface area contributed by atoms with Crippen LogP contribution in [0.5, 0.6) is 5.75 Å². The third-order valence-corrected chi connectivity index (χ3v) is 4.88. The van der Waals surface area contributed by atoms with Gasteiger partial charge in [0.15, 0.2) is 0 Å². The first kappa shape index (κ1) is 15.7. The van der Waals surface area contributed by atoms with Crippen LogP contribution in [0.25, 0.3) is 11.1 Å². The highest BCUT2D eigenvalue weighted by Gasteiger charge is 2.32. The fraction of sp³-hybridized carbons (Fsp3) is 0.0952. The Balaban J connectivity index is 1.90. The summed E-state index contributed by atoms with van der Waals surface area (Å²) in [5, 5.41) is 10.1. The van der Waals surface area contributed by atoms with Gasteiger partial charge in [-0.05, 0) is 54.4 Å². The van der Waals surface area contributed by atoms with Crippen molar-refractivity contribution in [3.05, 3.63) is 82.9 Å². The van der Waals surface area contributed by atoms with E-state index in [4.69, 9.17) is 11.6 Å². The van der Waals surface area contributed by atoms with Gasteiger partial charge in [0.25, 0.3) is 5.91 Å². The van der Waals surface area contributed by atoms with Gasteiger partial charge in [0.05, 0.1) is 11.7 Å². The van der Waals surface area contributed by atoms with Crippen molar-refractivity contribution in [3.63, 3.8) is 0 Å². The largest absolute Gasteiger partial charge is 0.508 e. The Labute approximate surface area is 151 Å². The lowest BCUT2D eigenvalue weighted by atomic mass is 9.88. The average molecular weight is 350 g/mol. The Kier molecular flexibility index (Phi) is 3.74. The van der Waals surface area contributed by atoms with Crippen molar-refractivity contribution in [1.29, 1.82) is 0 Å². The van der Waals surface area contributed by atoms with Crippen LogP contribution in [0.3, 0.4) is 0 Å². The predicted octanol–water partition coefficient (Wildman–Crippen LogP) is 5.43. The van der Waals surface area contributed by atoms with Gasteiger partial charge in [-0.15, -0.1) is 0 Å². The highest BCUT2D eigenvalue weighted by atomic mass is 35.5. The van der Waals surface area contributed by atoms with Crippen molar-refractivity contribution in [2.75, 3.05) is 4.90 Å². The molecule has 4 rings (SSSR count). The molecule has 0 aromatic heterocycles. The molecule has 0 unspecified atom stereocenters. The summed E-state index contributed by atoms with van der Waals surface area (Å²) in [7, 11) is 0. The molecule has 1 heterocycles. The average Bonchev–Trinajstić information content (AvgIpc) is 2.62. The minimum absolute atomic E-state index is 0.120. The second-order valence-electron chi connectivity index (χ2n) is 6.15. The number of rotatable bonds is 1. The summed E-state index contributed by atoms with van der Waals surface area (Å²) >= 11 is 6.22. The molecule has 124 valence electrons. The zero-order chi connectivity index (χ0) is 17.6. The van der Waals surface area contributed by atoms with E-state index in [0.29, 0.717) is 10.6 Å². The molecule has 1 atom stereocenters. The molecule has 25 heavy (non-hydrogen) atoms. The van der Waals surface area contributed by atoms with Crippen LogP contribution in [-0.2, 0) is 0 Å². The van der Waals surface area contributed by atoms with Gasteiger partial charge in [0, 0.05) is 16.1 Å². The molecule has 0 aliphatic carbocycles. The number of anilines is 1. The van der Waals surface area contributed by atoms with Crippen LogP contribution in [0.15, 0.2) is 66.7 Å². The number of halogens is 1. The maximum atomic E-state index is 13.2. The summed E-state index contributed by atoms with van der Waals surface area (Å²) in [6.45, 7) is 2.01. The van der Waals surface area contributed by atoms with Crippen LogP contribution in [-0.4, -0.2) is 11.0 Å². The SMILES string of the molecule is C[C@H]1c2ccccc2-c2ccc(Cl)cc2N1C(=O)c1ccc(O)cc1. The standard InChI is InChI=1S/C21H16ClNO2/c1-13-17-4-2-3-5-18(17)19-11-8-15(22)12-20(19)23(13)21(25)14-6-9-16(24)10-7-14/h2-13,24H,1H3/t13-/m0/s1. The summed E-state index contributed by atoms with van der Waals surface area (Å²) in [4.78, 5) is 15.0. The van der Waals surface area contributed by atoms with Gasteiger partial charge >= 0.3 is 0 Å². The van der Waals surface area contributed by atoms with Crippen LogP contribution < -0.4 is 4.90 Å². The Morgan fingerprint density at radius 1 is 1.00 bits per heavy atom. The van der Waals surface area contributed by atoms with Crippen molar-refractivity contribution >= 4 is 23.2 Å². The zero-order valence-electron chi connectivity index (χ0n) is 13.6. The van der Waals surface area contributed by atoms with Crippen molar-refractivity contribution in [1.82, 2.24) is 0 Å². The van der Waals surface area contributed by atoms with E-state index in [-0.39, 0.29) is 17.7 Å². The molecular formula is C21H16ClNO2. The topological polar surface area (TPSA) is 40.5 Å². The number of hydrogen-bond donors (Lipinski definition) is 1. The van der Waals surface area contributed by atoms with Crippen molar-refractivity contribution < 1.29 is 9.90 Å². The van der Waals surface area contributed by atoms with Crippen LogP contribution in [0, 0.1) is 0 Å². The van der Waals surface area contributed by atoms with Gasteiger partial charge in [0.1, 0.15) is 5.75 Å². The van der Waals surface area contributed by atoms with E-state index < -0.39 is 0 Å². The molecule has 0 saturated carbocycles. The van der Waals surface area contributed by atoms with Crippen LogP contribution in [0.2, 0.25) is 5.02 Å². The molecular weight excluding hydrogens is 334 g/mol. The Morgan fingerprint density at radius 3 is 2.48 bits per heavy atom. The number of carbonyl (C=O) groups excluding carboxylic acids is 1. The van der Waals surface area contributed by atoms with Crippen molar-refractivity contribution in [3.8, 4) is 16.9 Å². The highest BCUT2D eigenvalue weighted by Crippen LogP contribution is 2.46. The first-order chi connectivity index (χ1) is 12.1. The second kappa shape index (κ2) is 5.94. The van der Waals surface area contributed by atoms with Gasteiger partial charge in [-0.1, -0.05) is 41.9 Å².